The average molecular weight is 319 g/mol. The second kappa shape index (κ2) is 5.43. The Kier molecular flexibility index (Phi) is 3.72. The normalized spacial score (nSPS) is 15.0. The fourth-order valence-corrected chi connectivity index (χ4v) is 4.66. The van der Waals surface area contributed by atoms with E-state index in [9.17, 15) is 8.42 Å². The lowest BCUT2D eigenvalue weighted by molar-refractivity contribution is 0.586. The zero-order valence-corrected chi connectivity index (χ0v) is 14.0. The third kappa shape index (κ3) is 2.63. The number of anilines is 1. The number of para-hydroxylation sites is 1. The monoisotopic (exact) mass is 319 g/mol. The summed E-state index contributed by atoms with van der Waals surface area (Å²) in [6.45, 7) is 4.09. The summed E-state index contributed by atoms with van der Waals surface area (Å²) < 4.78 is 29.6. The Bertz CT molecular complexity index is 777. The fourth-order valence-electron chi connectivity index (χ4n) is 2.71. The van der Waals surface area contributed by atoms with Gasteiger partial charge in [0.2, 0.25) is 0 Å². The van der Waals surface area contributed by atoms with Crippen LogP contribution >= 0.6 is 0 Å². The van der Waals surface area contributed by atoms with E-state index in [-0.39, 0.29) is 0 Å². The van der Waals surface area contributed by atoms with Gasteiger partial charge in [0.05, 0.1) is 17.1 Å². The van der Waals surface area contributed by atoms with Crippen LogP contribution in [0.2, 0.25) is 0 Å². The molecule has 1 fully saturated rings. The molecule has 1 heterocycles. The summed E-state index contributed by atoms with van der Waals surface area (Å²) in [6.07, 6.45) is 2.20. The molecule has 0 atom stereocenters. The van der Waals surface area contributed by atoms with Crippen molar-refractivity contribution in [3.63, 3.8) is 0 Å². The molecule has 1 aliphatic rings. The maximum absolute atomic E-state index is 13.2. The minimum absolute atomic E-state index is 0.333. The van der Waals surface area contributed by atoms with Crippen LogP contribution in [0, 0.1) is 19.8 Å². The minimum Gasteiger partial charge on any atom is -0.271 e. The van der Waals surface area contributed by atoms with Crippen molar-refractivity contribution in [2.24, 2.45) is 13.0 Å². The molecule has 1 aliphatic carbocycles. The van der Waals surface area contributed by atoms with Crippen LogP contribution in [-0.2, 0) is 17.1 Å². The molecule has 1 aromatic heterocycles. The molecule has 0 bridgehead atoms. The van der Waals surface area contributed by atoms with Gasteiger partial charge in [-0.3, -0.25) is 8.99 Å². The van der Waals surface area contributed by atoms with E-state index in [1.165, 1.54) is 0 Å². The summed E-state index contributed by atoms with van der Waals surface area (Å²) in [4.78, 5) is 0.333. The zero-order chi connectivity index (χ0) is 15.9. The van der Waals surface area contributed by atoms with Crippen molar-refractivity contribution in [1.82, 2.24) is 9.78 Å². The van der Waals surface area contributed by atoms with Gasteiger partial charge in [-0.2, -0.15) is 5.10 Å². The van der Waals surface area contributed by atoms with Crippen molar-refractivity contribution in [2.45, 2.75) is 31.6 Å². The van der Waals surface area contributed by atoms with Gasteiger partial charge in [0, 0.05) is 13.6 Å². The van der Waals surface area contributed by atoms with Crippen molar-refractivity contribution in [2.75, 3.05) is 10.8 Å². The Hall–Kier alpha value is -1.82. The van der Waals surface area contributed by atoms with E-state index in [0.717, 1.165) is 18.5 Å². The standard InChI is InChI=1S/C16H21N3O2S/c1-12-16(13(2)18(3)17-12)22(20,21)19(11-14-9-10-14)15-7-5-4-6-8-15/h4-8,14H,9-11H2,1-3H3. The molecular weight excluding hydrogens is 298 g/mol. The first kappa shape index (κ1) is 15.1. The Morgan fingerprint density at radius 1 is 1.23 bits per heavy atom. The molecule has 2 aromatic rings. The zero-order valence-electron chi connectivity index (χ0n) is 13.2. The quantitative estimate of drug-likeness (QED) is 0.851. The number of aryl methyl sites for hydroxylation is 2. The summed E-state index contributed by atoms with van der Waals surface area (Å²) in [5.74, 6) is 0.465. The molecule has 6 heteroatoms. The molecule has 118 valence electrons. The van der Waals surface area contributed by atoms with E-state index in [2.05, 4.69) is 5.10 Å². The van der Waals surface area contributed by atoms with Gasteiger partial charge in [0.15, 0.2) is 0 Å². The van der Waals surface area contributed by atoms with Gasteiger partial charge in [-0.1, -0.05) is 18.2 Å². The molecule has 1 aromatic carbocycles. The maximum atomic E-state index is 13.2. The summed E-state index contributed by atoms with van der Waals surface area (Å²) in [6, 6.07) is 9.33. The Morgan fingerprint density at radius 3 is 2.36 bits per heavy atom. The highest BCUT2D eigenvalue weighted by atomic mass is 32.2. The lowest BCUT2D eigenvalue weighted by Gasteiger charge is -2.24. The molecule has 0 spiro atoms. The Morgan fingerprint density at radius 2 is 1.86 bits per heavy atom. The molecule has 22 heavy (non-hydrogen) atoms. The SMILES string of the molecule is Cc1nn(C)c(C)c1S(=O)(=O)N(CC1CC1)c1ccccc1. The van der Waals surface area contributed by atoms with Crippen LogP contribution in [0.25, 0.3) is 0 Å². The van der Waals surface area contributed by atoms with E-state index < -0.39 is 10.0 Å². The highest BCUT2D eigenvalue weighted by Gasteiger charge is 2.35. The molecule has 0 radical (unpaired) electrons. The van der Waals surface area contributed by atoms with Crippen molar-refractivity contribution >= 4 is 15.7 Å². The molecule has 0 aliphatic heterocycles. The molecule has 0 saturated heterocycles. The molecular formula is C16H21N3O2S. The van der Waals surface area contributed by atoms with E-state index in [1.807, 2.05) is 30.3 Å². The van der Waals surface area contributed by atoms with Gasteiger partial charge in [-0.25, -0.2) is 8.42 Å². The number of hydrogen-bond donors (Lipinski definition) is 0. The molecule has 0 unspecified atom stereocenters. The van der Waals surface area contributed by atoms with Crippen molar-refractivity contribution < 1.29 is 8.42 Å². The lowest BCUT2D eigenvalue weighted by atomic mass is 10.3. The number of hydrogen-bond acceptors (Lipinski definition) is 3. The first-order valence-electron chi connectivity index (χ1n) is 7.49. The molecule has 0 N–H and O–H groups in total. The second-order valence-corrected chi connectivity index (χ2v) is 7.74. The van der Waals surface area contributed by atoms with Crippen LogP contribution in [0.4, 0.5) is 5.69 Å². The van der Waals surface area contributed by atoms with Crippen LogP contribution in [0.3, 0.4) is 0 Å². The molecule has 3 rings (SSSR count). The average Bonchev–Trinajstić information content (AvgIpc) is 3.24. The summed E-state index contributed by atoms with van der Waals surface area (Å²) in [5.41, 5.74) is 1.95. The smallest absolute Gasteiger partial charge is 0.268 e. The third-order valence-corrected chi connectivity index (χ3v) is 6.20. The van der Waals surface area contributed by atoms with Gasteiger partial charge in [-0.05, 0) is 44.7 Å². The largest absolute Gasteiger partial charge is 0.271 e. The van der Waals surface area contributed by atoms with Crippen molar-refractivity contribution in [3.05, 3.63) is 41.7 Å². The Balaban J connectivity index is 2.09. The van der Waals surface area contributed by atoms with Gasteiger partial charge in [0.1, 0.15) is 4.90 Å². The highest BCUT2D eigenvalue weighted by Crippen LogP contribution is 2.35. The maximum Gasteiger partial charge on any atom is 0.268 e. The predicted octanol–water partition coefficient (Wildman–Crippen LogP) is 2.64. The van der Waals surface area contributed by atoms with Crippen LogP contribution in [0.1, 0.15) is 24.2 Å². The third-order valence-electron chi connectivity index (χ3n) is 4.16. The van der Waals surface area contributed by atoms with Gasteiger partial charge >= 0.3 is 0 Å². The number of nitrogens with zero attached hydrogens (tertiary/aromatic N) is 3. The first-order valence-corrected chi connectivity index (χ1v) is 8.93. The minimum atomic E-state index is -3.60. The number of sulfonamides is 1. The molecule has 0 amide bonds. The first-order chi connectivity index (χ1) is 10.4. The lowest BCUT2D eigenvalue weighted by Crippen LogP contribution is -2.33. The second-order valence-electron chi connectivity index (χ2n) is 5.94. The van der Waals surface area contributed by atoms with Crippen LogP contribution in [0.5, 0.6) is 0 Å². The van der Waals surface area contributed by atoms with E-state index in [4.69, 9.17) is 0 Å². The van der Waals surface area contributed by atoms with Gasteiger partial charge < -0.3 is 0 Å². The number of rotatable bonds is 5. The summed E-state index contributed by atoms with van der Waals surface area (Å²) >= 11 is 0. The molecule has 1 saturated carbocycles. The highest BCUT2D eigenvalue weighted by molar-refractivity contribution is 7.93. The van der Waals surface area contributed by atoms with Gasteiger partial charge in [-0.15, -0.1) is 0 Å². The van der Waals surface area contributed by atoms with E-state index in [1.54, 1.807) is 29.9 Å². The van der Waals surface area contributed by atoms with E-state index in [0.29, 0.717) is 28.7 Å². The van der Waals surface area contributed by atoms with Crippen molar-refractivity contribution in [3.8, 4) is 0 Å². The summed E-state index contributed by atoms with van der Waals surface area (Å²) in [5, 5.41) is 4.26. The van der Waals surface area contributed by atoms with Crippen molar-refractivity contribution in [1.29, 1.82) is 0 Å². The number of benzene rings is 1. The van der Waals surface area contributed by atoms with E-state index >= 15 is 0 Å². The fraction of sp³-hybridized carbons (Fsp3) is 0.438. The summed E-state index contributed by atoms with van der Waals surface area (Å²) in [7, 11) is -1.83. The molecule has 5 nitrogen and oxygen atoms in total. The topological polar surface area (TPSA) is 55.2 Å². The van der Waals surface area contributed by atoms with Gasteiger partial charge in [0.25, 0.3) is 10.0 Å². The van der Waals surface area contributed by atoms with Crippen LogP contribution < -0.4 is 4.31 Å². The van der Waals surface area contributed by atoms with Crippen LogP contribution in [0.15, 0.2) is 35.2 Å². The predicted molar refractivity (Wildman–Crippen MR) is 86.4 cm³/mol. The van der Waals surface area contributed by atoms with Crippen LogP contribution in [-0.4, -0.2) is 24.7 Å². The Labute approximate surface area is 131 Å². The number of aromatic nitrogens is 2.